The Morgan fingerprint density at radius 2 is 1.76 bits per heavy atom. The number of halogens is 1. The van der Waals surface area contributed by atoms with Crippen LogP contribution in [0.25, 0.3) is 0 Å². The van der Waals surface area contributed by atoms with E-state index in [1.165, 1.54) is 16.8 Å². The van der Waals surface area contributed by atoms with Crippen molar-refractivity contribution in [3.8, 4) is 0 Å². The molecule has 6 N–H and O–H groups in total. The molecule has 0 aliphatic carbocycles. The van der Waals surface area contributed by atoms with Crippen molar-refractivity contribution in [2.24, 2.45) is 17.6 Å². The number of carbonyl (C=O) groups is 5. The lowest BCUT2D eigenvalue weighted by molar-refractivity contribution is -0.150. The summed E-state index contributed by atoms with van der Waals surface area (Å²) in [4.78, 5) is 68.8. The molecular weight excluding hydrogens is 597 g/mol. The van der Waals surface area contributed by atoms with Gasteiger partial charge in [0.15, 0.2) is 11.7 Å². The van der Waals surface area contributed by atoms with Crippen molar-refractivity contribution in [3.05, 3.63) is 35.9 Å². The van der Waals surface area contributed by atoms with Crippen molar-refractivity contribution in [2.45, 2.75) is 90.6 Å². The van der Waals surface area contributed by atoms with Gasteiger partial charge in [0, 0.05) is 20.1 Å². The monoisotopic (exact) mass is 647 g/mol. The lowest BCUT2D eigenvalue weighted by atomic mass is 9.97. The quantitative estimate of drug-likeness (QED) is 0.0966. The number of nitrogens with two attached hydrogens (primary N) is 1. The van der Waals surface area contributed by atoms with E-state index in [1.807, 2.05) is 44.2 Å². The molecule has 256 valence electrons. The highest BCUT2D eigenvalue weighted by atomic mass is 19.1. The van der Waals surface area contributed by atoms with Crippen LogP contribution in [0.5, 0.6) is 0 Å². The summed E-state index contributed by atoms with van der Waals surface area (Å²) >= 11 is 0. The number of likely N-dealkylation sites (N-methyl/N-ethyl adjacent to an activating group) is 1. The zero-order valence-electron chi connectivity index (χ0n) is 27.5. The molecule has 13 nitrogen and oxygen atoms in total. The third-order valence-corrected chi connectivity index (χ3v) is 7.82. The van der Waals surface area contributed by atoms with E-state index in [0.29, 0.717) is 25.7 Å². The zero-order valence-corrected chi connectivity index (χ0v) is 27.5. The van der Waals surface area contributed by atoms with Crippen LogP contribution < -0.4 is 21.7 Å². The topological polar surface area (TPSA) is 187 Å². The van der Waals surface area contributed by atoms with Gasteiger partial charge in [0.05, 0.1) is 6.04 Å². The molecule has 46 heavy (non-hydrogen) atoms. The first-order chi connectivity index (χ1) is 21.8. The van der Waals surface area contributed by atoms with E-state index in [0.717, 1.165) is 5.56 Å². The molecule has 0 bridgehead atoms. The Hall–Kier alpha value is -4.23. The SMILES string of the molecule is CC(C)CC(NC(=O)OCc1ccccc1)C(=O)N(C)[C@H](C(=O)N1CCC[C@H]1C(=O)N[C@@H](CCCNC(=N)N)C(=O)CF)C(C)C. The molecule has 1 aliphatic heterocycles. The largest absolute Gasteiger partial charge is 0.445 e. The number of hydrogen-bond acceptors (Lipinski definition) is 7. The van der Waals surface area contributed by atoms with Crippen LogP contribution in [0.3, 0.4) is 0 Å². The normalized spacial score (nSPS) is 16.3. The molecule has 1 aromatic carbocycles. The number of alkyl carbamates (subject to hydrolysis) is 1. The minimum Gasteiger partial charge on any atom is -0.445 e. The van der Waals surface area contributed by atoms with E-state index in [1.54, 1.807) is 13.8 Å². The number of nitrogens with one attached hydrogen (secondary N) is 4. The predicted octanol–water partition coefficient (Wildman–Crippen LogP) is 2.09. The summed E-state index contributed by atoms with van der Waals surface area (Å²) in [6.07, 6.45) is 0.892. The number of nitrogens with zero attached hydrogens (tertiary/aromatic N) is 2. The molecule has 1 fully saturated rings. The number of ketones is 1. The van der Waals surface area contributed by atoms with E-state index in [-0.39, 0.29) is 43.9 Å². The molecule has 0 saturated carbocycles. The molecular formula is C32H50FN7O6. The Kier molecular flexibility index (Phi) is 15.4. The van der Waals surface area contributed by atoms with Gasteiger partial charge in [0.2, 0.25) is 17.7 Å². The first-order valence-electron chi connectivity index (χ1n) is 15.8. The van der Waals surface area contributed by atoms with Crippen LogP contribution in [0.1, 0.15) is 65.4 Å². The van der Waals surface area contributed by atoms with Crippen LogP contribution >= 0.6 is 0 Å². The van der Waals surface area contributed by atoms with Gasteiger partial charge in [0.1, 0.15) is 31.4 Å². The molecule has 0 spiro atoms. The molecule has 1 heterocycles. The van der Waals surface area contributed by atoms with Crippen molar-refractivity contribution in [3.63, 3.8) is 0 Å². The number of amides is 4. The summed E-state index contributed by atoms with van der Waals surface area (Å²) in [5.41, 5.74) is 6.06. The van der Waals surface area contributed by atoms with Crippen LogP contribution in [-0.2, 0) is 30.5 Å². The number of alkyl halides is 1. The minimum absolute atomic E-state index is 0.0315. The second-order valence-electron chi connectivity index (χ2n) is 12.4. The molecule has 1 aliphatic rings. The second kappa shape index (κ2) is 18.7. The average molecular weight is 648 g/mol. The third-order valence-electron chi connectivity index (χ3n) is 7.82. The zero-order chi connectivity index (χ0) is 34.4. The van der Waals surface area contributed by atoms with Crippen molar-refractivity contribution in [2.75, 3.05) is 26.8 Å². The summed E-state index contributed by atoms with van der Waals surface area (Å²) in [5, 5.41) is 15.1. The standard InChI is InChI=1S/C32H50FN7O6/c1-20(2)17-24(38-32(45)46-19-22-11-7-6-8-12-22)29(43)39(5)27(21(3)4)30(44)40-16-10-14-25(40)28(42)37-23(26(41)18-33)13-9-15-36-31(34)35/h6-8,11-12,20-21,23-25,27H,9-10,13-19H2,1-5H3,(H,37,42)(H,38,45)(H4,34,35,36)/t23-,24?,25-,27-/m0/s1. The van der Waals surface area contributed by atoms with Crippen molar-refractivity contribution < 1.29 is 33.1 Å². The maximum atomic E-state index is 14.0. The molecule has 0 radical (unpaired) electrons. The number of carbonyl (C=O) groups excluding carboxylic acids is 5. The minimum atomic E-state index is -1.26. The Morgan fingerprint density at radius 3 is 2.35 bits per heavy atom. The molecule has 4 amide bonds. The molecule has 2 rings (SSSR count). The van der Waals surface area contributed by atoms with Gasteiger partial charge >= 0.3 is 6.09 Å². The van der Waals surface area contributed by atoms with E-state index >= 15 is 0 Å². The van der Waals surface area contributed by atoms with Gasteiger partial charge in [-0.15, -0.1) is 0 Å². The van der Waals surface area contributed by atoms with Crippen molar-refractivity contribution in [1.82, 2.24) is 25.8 Å². The highest BCUT2D eigenvalue weighted by molar-refractivity contribution is 5.96. The van der Waals surface area contributed by atoms with Gasteiger partial charge in [-0.1, -0.05) is 58.0 Å². The molecule has 4 atom stereocenters. The highest BCUT2D eigenvalue weighted by Crippen LogP contribution is 2.24. The fraction of sp³-hybridized carbons (Fsp3) is 0.625. The summed E-state index contributed by atoms with van der Waals surface area (Å²) in [7, 11) is 1.51. The number of guanidine groups is 1. The molecule has 14 heteroatoms. The smallest absolute Gasteiger partial charge is 0.408 e. The van der Waals surface area contributed by atoms with Crippen LogP contribution in [0.4, 0.5) is 9.18 Å². The highest BCUT2D eigenvalue weighted by Gasteiger charge is 2.42. The van der Waals surface area contributed by atoms with Gasteiger partial charge in [-0.05, 0) is 49.5 Å². The van der Waals surface area contributed by atoms with Gasteiger partial charge in [-0.25, -0.2) is 9.18 Å². The first kappa shape index (κ1) is 38.0. The number of hydrogen-bond donors (Lipinski definition) is 5. The molecule has 1 saturated heterocycles. The fourth-order valence-electron chi connectivity index (χ4n) is 5.56. The fourth-order valence-corrected chi connectivity index (χ4v) is 5.56. The maximum absolute atomic E-state index is 14.0. The van der Waals surface area contributed by atoms with E-state index < -0.39 is 60.4 Å². The molecule has 1 aromatic rings. The lowest BCUT2D eigenvalue weighted by Crippen LogP contribution is -2.59. The number of benzene rings is 1. The summed E-state index contributed by atoms with van der Waals surface area (Å²) in [6.45, 7) is 6.72. The summed E-state index contributed by atoms with van der Waals surface area (Å²) < 4.78 is 18.6. The Morgan fingerprint density at radius 1 is 1.09 bits per heavy atom. The van der Waals surface area contributed by atoms with Crippen molar-refractivity contribution >= 4 is 35.6 Å². The van der Waals surface area contributed by atoms with Gasteiger partial charge < -0.3 is 36.2 Å². The summed E-state index contributed by atoms with van der Waals surface area (Å²) in [6, 6.07) is 5.23. The van der Waals surface area contributed by atoms with E-state index in [2.05, 4.69) is 16.0 Å². The Labute approximate surface area is 270 Å². The third kappa shape index (κ3) is 11.6. The van der Waals surface area contributed by atoms with Gasteiger partial charge in [-0.2, -0.15) is 0 Å². The predicted molar refractivity (Wildman–Crippen MR) is 171 cm³/mol. The number of rotatable bonds is 17. The first-order valence-corrected chi connectivity index (χ1v) is 15.8. The van der Waals surface area contributed by atoms with Crippen LogP contribution in [0.2, 0.25) is 0 Å². The van der Waals surface area contributed by atoms with E-state index in [4.69, 9.17) is 15.9 Å². The average Bonchev–Trinajstić information content (AvgIpc) is 3.51. The van der Waals surface area contributed by atoms with Crippen LogP contribution in [0, 0.1) is 17.2 Å². The van der Waals surface area contributed by atoms with Gasteiger partial charge in [0.25, 0.3) is 0 Å². The Balaban J connectivity index is 2.15. The summed E-state index contributed by atoms with van der Waals surface area (Å²) in [5.74, 6) is -2.81. The molecule has 0 aromatic heterocycles. The number of likely N-dealkylation sites (tertiary alicyclic amines) is 1. The molecule has 1 unspecified atom stereocenters. The van der Waals surface area contributed by atoms with Crippen LogP contribution in [-0.4, -0.2) is 96.3 Å². The van der Waals surface area contributed by atoms with Crippen molar-refractivity contribution in [1.29, 1.82) is 5.41 Å². The second-order valence-corrected chi connectivity index (χ2v) is 12.4. The van der Waals surface area contributed by atoms with Gasteiger partial charge in [-0.3, -0.25) is 24.6 Å². The number of ether oxygens (including phenoxy) is 1. The van der Waals surface area contributed by atoms with E-state index in [9.17, 15) is 28.4 Å². The maximum Gasteiger partial charge on any atom is 0.408 e. The lowest BCUT2D eigenvalue weighted by Gasteiger charge is -2.37. The Bertz CT molecular complexity index is 1200. The number of Topliss-reactive ketones (excluding diaryl/α,β-unsaturated/α-hetero) is 1. The van der Waals surface area contributed by atoms with Crippen LogP contribution in [0.15, 0.2) is 30.3 Å².